The van der Waals surface area contributed by atoms with Gasteiger partial charge in [-0.2, -0.15) is 4.98 Å². The molecule has 10 heteroatoms. The van der Waals surface area contributed by atoms with Crippen LogP contribution in [0, 0.1) is 0 Å². The summed E-state index contributed by atoms with van der Waals surface area (Å²) < 4.78 is 10.7. The molecule has 0 radical (unpaired) electrons. The van der Waals surface area contributed by atoms with Crippen LogP contribution in [0.1, 0.15) is 26.2 Å². The van der Waals surface area contributed by atoms with Crippen molar-refractivity contribution >= 4 is 40.7 Å². The molecule has 0 fully saturated rings. The second-order valence-electron chi connectivity index (χ2n) is 7.02. The summed E-state index contributed by atoms with van der Waals surface area (Å²) in [5, 5.41) is 7.28. The summed E-state index contributed by atoms with van der Waals surface area (Å²) in [5.41, 5.74) is 1.10. The van der Waals surface area contributed by atoms with Crippen molar-refractivity contribution in [2.75, 3.05) is 25.0 Å². The number of amides is 2. The average Bonchev–Trinajstić information content (AvgIpc) is 3.28. The Balaban J connectivity index is 1.54. The summed E-state index contributed by atoms with van der Waals surface area (Å²) in [6, 6.07) is 12.3. The van der Waals surface area contributed by atoms with Crippen molar-refractivity contribution in [2.24, 2.45) is 0 Å². The molecule has 8 nitrogen and oxygen atoms in total. The Morgan fingerprint density at radius 1 is 1.09 bits per heavy atom. The number of hydrogen-bond donors (Lipinski definition) is 1. The van der Waals surface area contributed by atoms with Gasteiger partial charge in [0.1, 0.15) is 5.75 Å². The fraction of sp³-hybridized carbons (Fsp3) is 0.304. The van der Waals surface area contributed by atoms with Gasteiger partial charge in [-0.15, -0.1) is 0 Å². The highest BCUT2D eigenvalue weighted by Crippen LogP contribution is 2.29. The average molecular weight is 491 g/mol. The Labute approximate surface area is 201 Å². The van der Waals surface area contributed by atoms with Gasteiger partial charge in [-0.3, -0.25) is 9.59 Å². The molecular formula is C23H24Cl2N4O4. The minimum Gasteiger partial charge on any atom is -0.494 e. The van der Waals surface area contributed by atoms with E-state index in [0.29, 0.717) is 40.6 Å². The number of carbonyl (C=O) groups excluding carboxylic acids is 2. The standard InChI is InChI=1S/C23H24Cl2N4O4/c1-3-29(14-19(30)26-22-17(24)6-5-7-18(22)25)21(31)13-12-20-27-23(28-33-20)15-8-10-16(11-9-15)32-4-2/h5-11H,3-4,12-14H2,1-2H3,(H,26,30). The number of benzene rings is 2. The van der Waals surface area contributed by atoms with Crippen molar-refractivity contribution in [3.63, 3.8) is 0 Å². The number of anilines is 1. The summed E-state index contributed by atoms with van der Waals surface area (Å²) in [7, 11) is 0. The van der Waals surface area contributed by atoms with Gasteiger partial charge in [0.25, 0.3) is 0 Å². The van der Waals surface area contributed by atoms with Crippen molar-refractivity contribution in [1.82, 2.24) is 15.0 Å². The van der Waals surface area contributed by atoms with E-state index in [1.165, 1.54) is 4.90 Å². The number of ether oxygens (including phenoxy) is 1. The number of carbonyl (C=O) groups is 2. The molecule has 1 heterocycles. The third-order valence-corrected chi connectivity index (χ3v) is 5.37. The number of nitrogens with zero attached hydrogens (tertiary/aromatic N) is 3. The highest BCUT2D eigenvalue weighted by Gasteiger charge is 2.19. The van der Waals surface area contributed by atoms with E-state index in [-0.39, 0.29) is 25.3 Å². The Kier molecular flexibility index (Phi) is 8.68. The zero-order valence-corrected chi connectivity index (χ0v) is 19.8. The van der Waals surface area contributed by atoms with Crippen LogP contribution in [0.15, 0.2) is 47.0 Å². The molecule has 174 valence electrons. The number of rotatable bonds is 10. The molecule has 3 aromatic rings. The largest absolute Gasteiger partial charge is 0.494 e. The highest BCUT2D eigenvalue weighted by molar-refractivity contribution is 6.39. The van der Waals surface area contributed by atoms with Gasteiger partial charge >= 0.3 is 0 Å². The first-order valence-corrected chi connectivity index (χ1v) is 11.2. The monoisotopic (exact) mass is 490 g/mol. The Bertz CT molecular complexity index is 1080. The number of aryl methyl sites for hydroxylation is 1. The van der Waals surface area contributed by atoms with Gasteiger partial charge in [0.15, 0.2) is 0 Å². The second kappa shape index (κ2) is 11.7. The van der Waals surface area contributed by atoms with E-state index in [4.69, 9.17) is 32.5 Å². The van der Waals surface area contributed by atoms with E-state index >= 15 is 0 Å². The minimum atomic E-state index is -0.393. The lowest BCUT2D eigenvalue weighted by Gasteiger charge is -2.20. The number of hydrogen-bond acceptors (Lipinski definition) is 6. The molecule has 0 spiro atoms. The molecule has 0 atom stereocenters. The number of para-hydroxylation sites is 1. The molecule has 0 saturated heterocycles. The van der Waals surface area contributed by atoms with E-state index in [9.17, 15) is 9.59 Å². The van der Waals surface area contributed by atoms with E-state index < -0.39 is 5.91 Å². The van der Waals surface area contributed by atoms with Gasteiger partial charge in [0, 0.05) is 24.9 Å². The van der Waals surface area contributed by atoms with Gasteiger partial charge in [-0.25, -0.2) is 0 Å². The normalized spacial score (nSPS) is 10.7. The molecule has 1 N–H and O–H groups in total. The maximum Gasteiger partial charge on any atom is 0.244 e. The first-order chi connectivity index (χ1) is 15.9. The molecule has 0 aliphatic heterocycles. The fourth-order valence-electron chi connectivity index (χ4n) is 3.06. The number of halogens is 2. The topological polar surface area (TPSA) is 97.6 Å². The zero-order chi connectivity index (χ0) is 23.8. The van der Waals surface area contributed by atoms with Crippen molar-refractivity contribution in [3.8, 4) is 17.1 Å². The van der Waals surface area contributed by atoms with Crippen LogP contribution in [0.2, 0.25) is 10.0 Å². The molecule has 2 aromatic carbocycles. The highest BCUT2D eigenvalue weighted by atomic mass is 35.5. The maximum absolute atomic E-state index is 12.6. The molecule has 33 heavy (non-hydrogen) atoms. The lowest BCUT2D eigenvalue weighted by molar-refractivity contribution is -0.134. The SMILES string of the molecule is CCOc1ccc(-c2noc(CCC(=O)N(CC)CC(=O)Nc3c(Cl)cccc3Cl)n2)cc1. The molecule has 3 rings (SSSR count). The summed E-state index contributed by atoms with van der Waals surface area (Å²) in [6.45, 7) is 4.54. The van der Waals surface area contributed by atoms with Crippen LogP contribution >= 0.6 is 23.2 Å². The predicted molar refractivity (Wildman–Crippen MR) is 127 cm³/mol. The van der Waals surface area contributed by atoms with Crippen molar-refractivity contribution in [3.05, 3.63) is 58.4 Å². The molecule has 2 amide bonds. The van der Waals surface area contributed by atoms with Gasteiger partial charge < -0.3 is 19.5 Å². The van der Waals surface area contributed by atoms with Gasteiger partial charge in [0.05, 0.1) is 28.9 Å². The number of likely N-dealkylation sites (N-methyl/N-ethyl adjacent to an activating group) is 1. The Morgan fingerprint density at radius 3 is 2.42 bits per heavy atom. The first kappa shape index (κ1) is 24.5. The lowest BCUT2D eigenvalue weighted by atomic mass is 10.2. The van der Waals surface area contributed by atoms with Crippen LogP contribution in [-0.2, 0) is 16.0 Å². The van der Waals surface area contributed by atoms with Gasteiger partial charge in [0.2, 0.25) is 23.5 Å². The Morgan fingerprint density at radius 2 is 1.79 bits per heavy atom. The number of aromatic nitrogens is 2. The molecule has 0 aliphatic carbocycles. The molecule has 0 aliphatic rings. The fourth-order valence-corrected chi connectivity index (χ4v) is 3.55. The van der Waals surface area contributed by atoms with E-state index in [1.807, 2.05) is 31.2 Å². The third-order valence-electron chi connectivity index (χ3n) is 4.74. The summed E-state index contributed by atoms with van der Waals surface area (Å²) >= 11 is 12.2. The molecule has 0 unspecified atom stereocenters. The van der Waals surface area contributed by atoms with Crippen molar-refractivity contribution < 1.29 is 18.8 Å². The number of nitrogens with one attached hydrogen (secondary N) is 1. The smallest absolute Gasteiger partial charge is 0.244 e. The van der Waals surface area contributed by atoms with Crippen LogP contribution < -0.4 is 10.1 Å². The summed E-state index contributed by atoms with van der Waals surface area (Å²) in [6.07, 6.45) is 0.385. The van der Waals surface area contributed by atoms with Crippen LogP contribution in [0.4, 0.5) is 5.69 Å². The maximum atomic E-state index is 12.6. The summed E-state index contributed by atoms with van der Waals surface area (Å²) in [5.74, 6) is 0.935. The Hall–Kier alpha value is -3.10. The first-order valence-electron chi connectivity index (χ1n) is 10.5. The van der Waals surface area contributed by atoms with Crippen LogP contribution in [-0.4, -0.2) is 46.6 Å². The van der Waals surface area contributed by atoms with Gasteiger partial charge in [-0.05, 0) is 50.2 Å². The van der Waals surface area contributed by atoms with Crippen LogP contribution in [0.3, 0.4) is 0 Å². The van der Waals surface area contributed by atoms with Crippen LogP contribution in [0.25, 0.3) is 11.4 Å². The molecule has 0 saturated carbocycles. The quantitative estimate of drug-likeness (QED) is 0.435. The lowest BCUT2D eigenvalue weighted by Crippen LogP contribution is -2.38. The summed E-state index contributed by atoms with van der Waals surface area (Å²) in [4.78, 5) is 30.8. The van der Waals surface area contributed by atoms with E-state index in [2.05, 4.69) is 15.5 Å². The third kappa shape index (κ3) is 6.69. The van der Waals surface area contributed by atoms with E-state index in [0.717, 1.165) is 11.3 Å². The predicted octanol–water partition coefficient (Wildman–Crippen LogP) is 4.86. The van der Waals surface area contributed by atoms with Gasteiger partial charge in [-0.1, -0.05) is 34.4 Å². The molecule has 0 bridgehead atoms. The van der Waals surface area contributed by atoms with Crippen molar-refractivity contribution in [1.29, 1.82) is 0 Å². The van der Waals surface area contributed by atoms with E-state index in [1.54, 1.807) is 25.1 Å². The van der Waals surface area contributed by atoms with Crippen molar-refractivity contribution in [2.45, 2.75) is 26.7 Å². The second-order valence-corrected chi connectivity index (χ2v) is 7.84. The van der Waals surface area contributed by atoms with Crippen LogP contribution in [0.5, 0.6) is 5.75 Å². The molecule has 1 aromatic heterocycles. The minimum absolute atomic E-state index is 0.124. The zero-order valence-electron chi connectivity index (χ0n) is 18.3. The molecular weight excluding hydrogens is 467 g/mol.